The molecule has 0 saturated carbocycles. The van der Waals surface area contributed by atoms with Crippen LogP contribution in [0.4, 0.5) is 0 Å². The van der Waals surface area contributed by atoms with Crippen LogP contribution in [-0.2, 0) is 21.5 Å². The molecule has 1 aromatic carbocycles. The summed E-state index contributed by atoms with van der Waals surface area (Å²) in [6.07, 6.45) is 6.51. The molecule has 0 bridgehead atoms. The van der Waals surface area contributed by atoms with Crippen LogP contribution in [0, 0.1) is 5.92 Å². The zero-order valence-electron chi connectivity index (χ0n) is 16.7. The molecule has 3 aliphatic rings. The number of methoxy groups -OCH3 is 1. The molecule has 0 unspecified atom stereocenters. The molecule has 4 rings (SSSR count). The Morgan fingerprint density at radius 1 is 1.44 bits per heavy atom. The lowest BCUT2D eigenvalue weighted by atomic mass is 9.69. The van der Waals surface area contributed by atoms with Gasteiger partial charge in [-0.05, 0) is 44.1 Å². The summed E-state index contributed by atoms with van der Waals surface area (Å²) < 4.78 is 17.8. The summed E-state index contributed by atoms with van der Waals surface area (Å²) in [4.78, 5) is 14.6. The second kappa shape index (κ2) is 6.86. The predicted molar refractivity (Wildman–Crippen MR) is 103 cm³/mol. The van der Waals surface area contributed by atoms with Gasteiger partial charge in [-0.3, -0.25) is 4.79 Å². The highest BCUT2D eigenvalue weighted by atomic mass is 16.6. The van der Waals surface area contributed by atoms with Gasteiger partial charge in [0.2, 0.25) is 0 Å². The van der Waals surface area contributed by atoms with E-state index in [0.717, 1.165) is 37.4 Å². The average Bonchev–Trinajstić information content (AvgIpc) is 2.93. The van der Waals surface area contributed by atoms with Gasteiger partial charge in [0.05, 0.1) is 18.4 Å². The summed E-state index contributed by atoms with van der Waals surface area (Å²) >= 11 is 0. The van der Waals surface area contributed by atoms with Crippen molar-refractivity contribution < 1.29 is 19.0 Å². The number of nitrogens with zero attached hydrogens (tertiary/aromatic N) is 1. The van der Waals surface area contributed by atoms with E-state index in [1.54, 1.807) is 7.11 Å². The van der Waals surface area contributed by atoms with Crippen molar-refractivity contribution in [3.8, 4) is 11.5 Å². The monoisotopic (exact) mass is 371 g/mol. The summed E-state index contributed by atoms with van der Waals surface area (Å²) in [5.41, 5.74) is 2.40. The molecule has 0 N–H and O–H groups in total. The maximum atomic E-state index is 12.2. The lowest BCUT2D eigenvalue weighted by molar-refractivity contribution is -0.152. The molecule has 2 aliphatic heterocycles. The Morgan fingerprint density at radius 2 is 2.26 bits per heavy atom. The van der Waals surface area contributed by atoms with Crippen molar-refractivity contribution in [2.45, 2.75) is 57.3 Å². The Bertz CT molecular complexity index is 774. The normalized spacial score (nSPS) is 29.9. The Balaban J connectivity index is 1.70. The molecule has 2 heterocycles. The van der Waals surface area contributed by atoms with Crippen molar-refractivity contribution in [3.63, 3.8) is 0 Å². The molecule has 146 valence electrons. The third-order valence-corrected chi connectivity index (χ3v) is 6.41. The number of rotatable bonds is 4. The van der Waals surface area contributed by atoms with Crippen LogP contribution in [0.2, 0.25) is 0 Å². The van der Waals surface area contributed by atoms with Crippen LogP contribution in [0.3, 0.4) is 0 Å². The van der Waals surface area contributed by atoms with E-state index in [4.69, 9.17) is 14.2 Å². The molecule has 1 aliphatic carbocycles. The summed E-state index contributed by atoms with van der Waals surface area (Å²) in [5, 5.41) is 0. The molecule has 0 saturated heterocycles. The first kappa shape index (κ1) is 18.4. The van der Waals surface area contributed by atoms with Gasteiger partial charge in [-0.2, -0.15) is 0 Å². The van der Waals surface area contributed by atoms with Gasteiger partial charge in [0.15, 0.2) is 11.5 Å². The van der Waals surface area contributed by atoms with Crippen molar-refractivity contribution in [1.82, 2.24) is 4.90 Å². The van der Waals surface area contributed by atoms with Crippen LogP contribution in [0.25, 0.3) is 0 Å². The number of hydrogen-bond acceptors (Lipinski definition) is 5. The molecule has 27 heavy (non-hydrogen) atoms. The molecule has 0 radical (unpaired) electrons. The van der Waals surface area contributed by atoms with Gasteiger partial charge in [0.1, 0.15) is 12.2 Å². The van der Waals surface area contributed by atoms with Crippen LogP contribution in [-0.4, -0.2) is 43.8 Å². The van der Waals surface area contributed by atoms with Gasteiger partial charge in [0, 0.05) is 18.5 Å². The number of esters is 1. The quantitative estimate of drug-likeness (QED) is 0.599. The zero-order valence-corrected chi connectivity index (χ0v) is 16.7. The van der Waals surface area contributed by atoms with Crippen molar-refractivity contribution >= 4 is 5.97 Å². The molecular formula is C22H29NO4. The van der Waals surface area contributed by atoms with Crippen molar-refractivity contribution in [2.75, 3.05) is 20.7 Å². The highest BCUT2D eigenvalue weighted by Gasteiger charge is 2.53. The van der Waals surface area contributed by atoms with E-state index in [-0.39, 0.29) is 29.5 Å². The minimum absolute atomic E-state index is 0.0335. The molecule has 1 spiro atoms. The predicted octanol–water partition coefficient (Wildman–Crippen LogP) is 3.45. The highest BCUT2D eigenvalue weighted by Crippen LogP contribution is 2.55. The van der Waals surface area contributed by atoms with E-state index in [0.29, 0.717) is 6.42 Å². The van der Waals surface area contributed by atoms with Crippen LogP contribution in [0.15, 0.2) is 24.3 Å². The van der Waals surface area contributed by atoms with E-state index in [1.807, 2.05) is 19.9 Å². The molecule has 1 aromatic rings. The Morgan fingerprint density at radius 3 is 3.00 bits per heavy atom. The SMILES string of the molecule is CC[C@H](C)C(=O)O[C@H]1C=C[C@@]23CCN(C)Cc4ccc(OC)c(c42)O[C@H]3C1. The van der Waals surface area contributed by atoms with E-state index in [1.165, 1.54) is 11.1 Å². The summed E-state index contributed by atoms with van der Waals surface area (Å²) in [6.45, 7) is 5.82. The van der Waals surface area contributed by atoms with Gasteiger partial charge in [0.25, 0.3) is 0 Å². The van der Waals surface area contributed by atoms with Gasteiger partial charge in [-0.25, -0.2) is 0 Å². The van der Waals surface area contributed by atoms with E-state index in [2.05, 4.69) is 30.2 Å². The number of ether oxygens (including phenoxy) is 3. The first-order chi connectivity index (χ1) is 13.0. The van der Waals surface area contributed by atoms with Crippen molar-refractivity contribution in [1.29, 1.82) is 0 Å². The molecule has 0 fully saturated rings. The summed E-state index contributed by atoms with van der Waals surface area (Å²) in [6, 6.07) is 4.17. The third kappa shape index (κ3) is 2.92. The van der Waals surface area contributed by atoms with E-state index in [9.17, 15) is 4.79 Å². The second-order valence-corrected chi connectivity index (χ2v) is 8.15. The standard InChI is InChI=1S/C22H29NO4/c1-5-14(2)21(24)26-16-8-9-22-10-11-23(3)13-15-6-7-17(25-4)20(19(15)22)27-18(22)12-16/h6-9,14,16,18H,5,10-13H2,1-4H3/t14-,16-,18-,22-/m0/s1. The number of hydrogen-bond donors (Lipinski definition) is 0. The fourth-order valence-electron chi connectivity index (χ4n) is 4.58. The first-order valence-electron chi connectivity index (χ1n) is 9.94. The van der Waals surface area contributed by atoms with Gasteiger partial charge in [-0.15, -0.1) is 0 Å². The molecular weight excluding hydrogens is 342 g/mol. The third-order valence-electron chi connectivity index (χ3n) is 6.41. The highest BCUT2D eigenvalue weighted by molar-refractivity contribution is 5.72. The maximum Gasteiger partial charge on any atom is 0.309 e. The lowest BCUT2D eigenvalue weighted by Crippen LogP contribution is -2.44. The fraction of sp³-hybridized carbons (Fsp3) is 0.591. The Hall–Kier alpha value is -2.01. The van der Waals surface area contributed by atoms with Gasteiger partial charge < -0.3 is 19.1 Å². The summed E-state index contributed by atoms with van der Waals surface area (Å²) in [5.74, 6) is 1.45. The lowest BCUT2D eigenvalue weighted by Gasteiger charge is -2.37. The van der Waals surface area contributed by atoms with E-state index >= 15 is 0 Å². The Kier molecular flexibility index (Phi) is 4.66. The van der Waals surface area contributed by atoms with Crippen LogP contribution in [0.5, 0.6) is 11.5 Å². The fourth-order valence-corrected chi connectivity index (χ4v) is 4.58. The number of carbonyl (C=O) groups excluding carboxylic acids is 1. The molecule has 0 amide bonds. The summed E-state index contributed by atoms with van der Waals surface area (Å²) in [7, 11) is 3.85. The van der Waals surface area contributed by atoms with Gasteiger partial charge in [-0.1, -0.05) is 26.0 Å². The van der Waals surface area contributed by atoms with Crippen LogP contribution in [0.1, 0.15) is 44.2 Å². The van der Waals surface area contributed by atoms with Crippen molar-refractivity contribution in [2.24, 2.45) is 5.92 Å². The number of benzene rings is 1. The molecule has 5 nitrogen and oxygen atoms in total. The maximum absolute atomic E-state index is 12.2. The number of carbonyl (C=O) groups is 1. The smallest absolute Gasteiger partial charge is 0.309 e. The molecule has 0 aromatic heterocycles. The molecule has 5 heteroatoms. The minimum atomic E-state index is -0.230. The first-order valence-corrected chi connectivity index (χ1v) is 9.94. The van der Waals surface area contributed by atoms with Crippen molar-refractivity contribution in [3.05, 3.63) is 35.4 Å². The zero-order chi connectivity index (χ0) is 19.2. The largest absolute Gasteiger partial charge is 0.493 e. The minimum Gasteiger partial charge on any atom is -0.493 e. The Labute approximate surface area is 161 Å². The topological polar surface area (TPSA) is 48.0 Å². The van der Waals surface area contributed by atoms with Crippen LogP contribution >= 0.6 is 0 Å². The molecule has 4 atom stereocenters. The average molecular weight is 371 g/mol. The van der Waals surface area contributed by atoms with Crippen LogP contribution < -0.4 is 9.47 Å². The van der Waals surface area contributed by atoms with Gasteiger partial charge >= 0.3 is 5.97 Å². The van der Waals surface area contributed by atoms with E-state index < -0.39 is 0 Å². The second-order valence-electron chi connectivity index (χ2n) is 8.15.